The van der Waals surface area contributed by atoms with Crippen LogP contribution in [0.4, 0.5) is 0 Å². The Labute approximate surface area is 91.1 Å². The fourth-order valence-corrected chi connectivity index (χ4v) is 1.50. The van der Waals surface area contributed by atoms with Crippen molar-refractivity contribution < 1.29 is 4.74 Å². The Balaban J connectivity index is 2.83. The van der Waals surface area contributed by atoms with Crippen LogP contribution < -0.4 is 10.5 Å². The summed E-state index contributed by atoms with van der Waals surface area (Å²) in [5.74, 6) is 0.633. The van der Waals surface area contributed by atoms with E-state index in [-0.39, 0.29) is 6.04 Å². The lowest BCUT2D eigenvalue weighted by Gasteiger charge is -2.25. The molecule has 2 N–H and O–H groups in total. The lowest BCUT2D eigenvalue weighted by molar-refractivity contribution is 0.262. The molecule has 0 amide bonds. The van der Waals surface area contributed by atoms with Crippen molar-refractivity contribution in [2.24, 2.45) is 5.73 Å². The predicted octanol–water partition coefficient (Wildman–Crippen LogP) is 1.04. The number of likely N-dealkylation sites (N-methyl/N-ethyl adjacent to an activating group) is 1. The summed E-state index contributed by atoms with van der Waals surface area (Å²) < 4.78 is 5.01. The van der Waals surface area contributed by atoms with E-state index >= 15 is 0 Å². The van der Waals surface area contributed by atoms with Crippen LogP contribution in [0.15, 0.2) is 18.3 Å². The van der Waals surface area contributed by atoms with Crippen molar-refractivity contribution in [2.45, 2.75) is 13.0 Å². The van der Waals surface area contributed by atoms with Gasteiger partial charge in [0.05, 0.1) is 7.11 Å². The number of rotatable bonds is 5. The fourth-order valence-electron chi connectivity index (χ4n) is 1.50. The van der Waals surface area contributed by atoms with E-state index in [1.807, 2.05) is 18.3 Å². The second kappa shape index (κ2) is 5.68. The van der Waals surface area contributed by atoms with Crippen molar-refractivity contribution in [1.29, 1.82) is 0 Å². The molecule has 0 radical (unpaired) electrons. The van der Waals surface area contributed by atoms with Gasteiger partial charge in [-0.1, -0.05) is 13.0 Å². The van der Waals surface area contributed by atoms with Gasteiger partial charge in [-0.05, 0) is 19.2 Å². The Bertz CT molecular complexity index is 286. The maximum Gasteiger partial charge on any atom is 0.212 e. The summed E-state index contributed by atoms with van der Waals surface area (Å²) in [6, 6.07) is 4.10. The zero-order chi connectivity index (χ0) is 11.3. The van der Waals surface area contributed by atoms with E-state index in [1.54, 1.807) is 7.11 Å². The standard InChI is InChI=1S/C11H19N3O/c1-4-14(2)10(7-12)9-5-6-11(15-3)13-8-9/h5-6,8,10H,4,7,12H2,1-3H3. The minimum Gasteiger partial charge on any atom is -0.481 e. The zero-order valence-electron chi connectivity index (χ0n) is 9.60. The van der Waals surface area contributed by atoms with E-state index in [4.69, 9.17) is 10.5 Å². The van der Waals surface area contributed by atoms with E-state index in [1.165, 1.54) is 0 Å². The Hall–Kier alpha value is -1.13. The average molecular weight is 209 g/mol. The molecule has 1 rings (SSSR count). The van der Waals surface area contributed by atoms with Crippen LogP contribution in [0.3, 0.4) is 0 Å². The van der Waals surface area contributed by atoms with Crippen molar-refractivity contribution in [1.82, 2.24) is 9.88 Å². The topological polar surface area (TPSA) is 51.4 Å². The van der Waals surface area contributed by atoms with E-state index < -0.39 is 0 Å². The Morgan fingerprint density at radius 2 is 2.27 bits per heavy atom. The first-order valence-electron chi connectivity index (χ1n) is 5.13. The van der Waals surface area contributed by atoms with Crippen LogP contribution >= 0.6 is 0 Å². The highest BCUT2D eigenvalue weighted by atomic mass is 16.5. The average Bonchev–Trinajstić information content (AvgIpc) is 2.30. The monoisotopic (exact) mass is 209 g/mol. The molecule has 1 aromatic rings. The van der Waals surface area contributed by atoms with Gasteiger partial charge >= 0.3 is 0 Å². The number of hydrogen-bond acceptors (Lipinski definition) is 4. The third-order valence-electron chi connectivity index (χ3n) is 2.61. The second-order valence-electron chi connectivity index (χ2n) is 3.46. The number of ether oxygens (including phenoxy) is 1. The highest BCUT2D eigenvalue weighted by molar-refractivity contribution is 5.21. The van der Waals surface area contributed by atoms with Crippen LogP contribution in [0.2, 0.25) is 0 Å². The van der Waals surface area contributed by atoms with E-state index in [2.05, 4.69) is 23.9 Å². The molecule has 1 unspecified atom stereocenters. The first-order chi connectivity index (χ1) is 7.22. The Morgan fingerprint density at radius 3 is 2.67 bits per heavy atom. The van der Waals surface area contributed by atoms with Crippen LogP contribution in [0.1, 0.15) is 18.5 Å². The molecule has 84 valence electrons. The van der Waals surface area contributed by atoms with Gasteiger partial charge in [-0.2, -0.15) is 0 Å². The van der Waals surface area contributed by atoms with Crippen LogP contribution in [0.5, 0.6) is 5.88 Å². The lowest BCUT2D eigenvalue weighted by Crippen LogP contribution is -2.30. The predicted molar refractivity (Wildman–Crippen MR) is 60.9 cm³/mol. The zero-order valence-corrected chi connectivity index (χ0v) is 9.60. The molecule has 0 fully saturated rings. The summed E-state index contributed by atoms with van der Waals surface area (Å²) >= 11 is 0. The number of nitrogens with zero attached hydrogens (tertiary/aromatic N) is 2. The molecule has 4 heteroatoms. The van der Waals surface area contributed by atoms with Crippen molar-refractivity contribution in [3.63, 3.8) is 0 Å². The molecular weight excluding hydrogens is 190 g/mol. The molecule has 0 spiro atoms. The minimum atomic E-state index is 0.230. The maximum absolute atomic E-state index is 5.75. The molecule has 0 aliphatic heterocycles. The second-order valence-corrected chi connectivity index (χ2v) is 3.46. The maximum atomic E-state index is 5.75. The summed E-state index contributed by atoms with van der Waals surface area (Å²) in [6.45, 7) is 3.67. The molecule has 1 aromatic heterocycles. The van der Waals surface area contributed by atoms with Crippen LogP contribution in [0.25, 0.3) is 0 Å². The van der Waals surface area contributed by atoms with E-state index in [9.17, 15) is 0 Å². The number of methoxy groups -OCH3 is 1. The molecule has 1 heterocycles. The van der Waals surface area contributed by atoms with Crippen LogP contribution in [-0.4, -0.2) is 37.1 Å². The highest BCUT2D eigenvalue weighted by Gasteiger charge is 2.13. The molecule has 1 atom stereocenters. The normalized spacial score (nSPS) is 12.9. The van der Waals surface area contributed by atoms with Crippen molar-refractivity contribution in [2.75, 3.05) is 27.2 Å². The molecule has 15 heavy (non-hydrogen) atoms. The van der Waals surface area contributed by atoms with Crippen LogP contribution in [-0.2, 0) is 0 Å². The highest BCUT2D eigenvalue weighted by Crippen LogP contribution is 2.18. The largest absolute Gasteiger partial charge is 0.481 e. The van der Waals surface area contributed by atoms with E-state index in [0.717, 1.165) is 12.1 Å². The molecule has 4 nitrogen and oxygen atoms in total. The summed E-state index contributed by atoms with van der Waals surface area (Å²) in [5, 5.41) is 0. The molecule has 0 aromatic carbocycles. The third-order valence-corrected chi connectivity index (χ3v) is 2.61. The van der Waals surface area contributed by atoms with Crippen molar-refractivity contribution in [3.8, 4) is 5.88 Å². The number of aromatic nitrogens is 1. The van der Waals surface area contributed by atoms with Gasteiger partial charge in [0.25, 0.3) is 0 Å². The van der Waals surface area contributed by atoms with Gasteiger partial charge in [0.15, 0.2) is 0 Å². The van der Waals surface area contributed by atoms with Gasteiger partial charge < -0.3 is 10.5 Å². The summed E-state index contributed by atoms with van der Waals surface area (Å²) in [5.41, 5.74) is 6.88. The number of pyridine rings is 1. The SMILES string of the molecule is CCN(C)C(CN)c1ccc(OC)nc1. The van der Waals surface area contributed by atoms with Gasteiger partial charge in [-0.15, -0.1) is 0 Å². The molecule has 0 bridgehead atoms. The van der Waals surface area contributed by atoms with Gasteiger partial charge in [0.2, 0.25) is 5.88 Å². The minimum absolute atomic E-state index is 0.230. The Kier molecular flexibility index (Phi) is 4.52. The van der Waals surface area contributed by atoms with Crippen molar-refractivity contribution >= 4 is 0 Å². The molecule has 0 aliphatic carbocycles. The number of nitrogens with two attached hydrogens (primary N) is 1. The molecule has 0 saturated carbocycles. The van der Waals surface area contributed by atoms with E-state index in [0.29, 0.717) is 12.4 Å². The summed E-state index contributed by atoms with van der Waals surface area (Å²) in [4.78, 5) is 6.38. The molecular formula is C11H19N3O. The Morgan fingerprint density at radius 1 is 1.53 bits per heavy atom. The van der Waals surface area contributed by atoms with Crippen molar-refractivity contribution in [3.05, 3.63) is 23.9 Å². The van der Waals surface area contributed by atoms with Gasteiger partial charge in [-0.25, -0.2) is 4.98 Å². The summed E-state index contributed by atoms with van der Waals surface area (Å²) in [7, 11) is 3.67. The third kappa shape index (κ3) is 2.91. The first kappa shape index (κ1) is 11.9. The number of hydrogen-bond donors (Lipinski definition) is 1. The lowest BCUT2D eigenvalue weighted by atomic mass is 10.1. The fraction of sp³-hybridized carbons (Fsp3) is 0.545. The van der Waals surface area contributed by atoms with Gasteiger partial charge in [0.1, 0.15) is 0 Å². The molecule has 0 aliphatic rings. The smallest absolute Gasteiger partial charge is 0.212 e. The van der Waals surface area contributed by atoms with Crippen LogP contribution in [0, 0.1) is 0 Å². The summed E-state index contributed by atoms with van der Waals surface area (Å²) in [6.07, 6.45) is 1.82. The quantitative estimate of drug-likeness (QED) is 0.787. The van der Waals surface area contributed by atoms with Gasteiger partial charge in [0, 0.05) is 24.8 Å². The van der Waals surface area contributed by atoms with Gasteiger partial charge in [-0.3, -0.25) is 4.90 Å². The molecule has 0 saturated heterocycles. The first-order valence-corrected chi connectivity index (χ1v) is 5.13.